The molecular formula is C73H120N20O20Si2. The minimum atomic E-state index is -2.49. The van der Waals surface area contributed by atoms with Crippen molar-refractivity contribution in [3.8, 4) is 0 Å². The molecule has 0 bridgehead atoms. The van der Waals surface area contributed by atoms with Gasteiger partial charge in [-0.1, -0.05) is 62.3 Å². The van der Waals surface area contributed by atoms with Crippen molar-refractivity contribution in [3.05, 3.63) is 69.8 Å². The van der Waals surface area contributed by atoms with Crippen molar-refractivity contribution >= 4 is 80.6 Å². The molecule has 6 aromatic rings. The van der Waals surface area contributed by atoms with E-state index in [1.807, 2.05) is 25.3 Å². The number of nitrogen functional groups attached to an aromatic ring is 4. The molecule has 0 aliphatic carbocycles. The number of amides is 1. The number of aromatic nitrogens is 12. The number of imidazole rings is 2. The van der Waals surface area contributed by atoms with Crippen LogP contribution in [0.2, 0.25) is 36.3 Å². The Morgan fingerprint density at radius 1 is 0.574 bits per heavy atom. The van der Waals surface area contributed by atoms with E-state index in [1.165, 1.54) is 32.7 Å². The van der Waals surface area contributed by atoms with Crippen LogP contribution in [0.15, 0.2) is 47.3 Å². The van der Waals surface area contributed by atoms with E-state index in [0.717, 1.165) is 0 Å². The summed E-state index contributed by atoms with van der Waals surface area (Å²) in [5, 5.41) is 64.1. The third-order valence-corrected chi connectivity index (χ3v) is 30.7. The summed E-state index contributed by atoms with van der Waals surface area (Å²) in [7, 11) is -4.98. The fourth-order valence-electron chi connectivity index (χ4n) is 13.4. The second-order valence-electron chi connectivity index (χ2n) is 34.3. The molecule has 0 aromatic carbocycles. The third-order valence-electron chi connectivity index (χ3n) is 21.8. The van der Waals surface area contributed by atoms with Gasteiger partial charge < -0.3 is 107 Å². The topological polar surface area (TPSA) is 577 Å². The maximum Gasteiger partial charge on any atom is 0.407 e. The van der Waals surface area contributed by atoms with Crippen molar-refractivity contribution in [2.24, 2.45) is 11.1 Å². The molecule has 0 saturated carbocycles. The van der Waals surface area contributed by atoms with Gasteiger partial charge in [-0.3, -0.25) is 18.3 Å². The van der Waals surface area contributed by atoms with E-state index in [4.69, 9.17) is 80.4 Å². The number of alkyl carbamates (subject to hydrolysis) is 1. The molecule has 2 unspecified atom stereocenters. The van der Waals surface area contributed by atoms with Gasteiger partial charge in [0.25, 0.3) is 0 Å². The number of aliphatic hydroxyl groups excluding tert-OH is 6. The molecule has 15 atom stereocenters. The van der Waals surface area contributed by atoms with Crippen LogP contribution in [0, 0.1) is 5.41 Å². The molecule has 4 saturated heterocycles. The molecular weight excluding hydrogens is 1530 g/mol. The number of hydrogen-bond donors (Lipinski definition) is 12. The standard InChI is InChI=1S/C46H82N10O9Si2.C25H38N10O7.2CO2/c1-43(2,3)32(52-42(60)63-44(4,5)6)19-21-54(20-17-18-28-23-55(41(59)53-37(28)47)33-22-29(58)31(25-57)61-33)24-30-35(64-66(13,14)45(7,8)9)36(65-67(15,16)46(10,11)12)40(62-30)56-27-51-34-38(48)49-26-50-39(34)56;26-4-2-6-33(5-1-3-13-8-34(25(40)32-21(13)27)17-7-14(37)16(10-36)41-17)9-15-19(38)20(39)24(42-15)35-12-31-18-22(28)29-11-30-23(18)35;2*2-1-3/h23,26-27,29-33,35-36,40,57-58H,17-22,24-25H2,1-16H3,(H,52,60)(H2,47,53,59)(H2,48,49,50);8,11-12,14-17,19-20,24,36-39H,1-7,9-10,26H2,(H2,27,32,40)(H2,28,29,30);;/t29-,30+,31+,32-,33?,35+,36+,40+;14-,15+,16+,17?,19+,20+,24+;;/m00../s1. The summed E-state index contributed by atoms with van der Waals surface area (Å²) in [6, 6.07) is -0.258. The summed E-state index contributed by atoms with van der Waals surface area (Å²) in [6.07, 6.45) is 1.65. The smallest absolute Gasteiger partial charge is 0.407 e. The molecule has 6 aromatic heterocycles. The molecule has 40 nitrogen and oxygen atoms in total. The highest BCUT2D eigenvalue weighted by molar-refractivity contribution is 6.74. The summed E-state index contributed by atoms with van der Waals surface area (Å²) >= 11 is 0. The molecule has 1 amide bonds. The SMILES string of the molecule is CC(C)(C)OC(=O)N[C@@H](CCN(CCCc1cn(C2C[C@H](O)[C@@H](CO)O2)c(=O)nc1N)C[C@H]1O[C@@H](n2cnc3c(N)ncnc32)[C@H](O[Si](C)(C)C(C)(C)C)[C@@H]1O[Si](C)(C)C(C)(C)C)C(C)(C)C.NCCCN(CCCc1cn(C2C[C@H](O)[C@@H](CO)O2)c(=O)nc1N)C[C@H]1O[C@@H](n2cnc3c(N)ncnc32)[C@H](O)[C@@H]1O.O=C=O.O=C=O. The van der Waals surface area contributed by atoms with Crippen molar-refractivity contribution in [1.29, 1.82) is 0 Å². The van der Waals surface area contributed by atoms with E-state index < -0.39 is 126 Å². The molecule has 17 N–H and O–H groups in total. The number of nitrogens with two attached hydrogens (primary N) is 5. The lowest BCUT2D eigenvalue weighted by Gasteiger charge is -2.44. The molecule has 42 heteroatoms. The van der Waals surface area contributed by atoms with Gasteiger partial charge in [-0.2, -0.15) is 29.1 Å². The Hall–Kier alpha value is -8.08. The average Bonchev–Trinajstić information content (AvgIpc) is 1.60. The van der Waals surface area contributed by atoms with Crippen molar-refractivity contribution in [2.75, 3.05) is 82.0 Å². The van der Waals surface area contributed by atoms with E-state index in [0.29, 0.717) is 118 Å². The molecule has 10 heterocycles. The Morgan fingerprint density at radius 3 is 1.41 bits per heavy atom. The summed E-state index contributed by atoms with van der Waals surface area (Å²) in [5.41, 5.74) is 31.3. The first kappa shape index (κ1) is 94.1. The fraction of sp³-hybridized carbons (Fsp3) is 0.712. The Bertz CT molecular complexity index is 4350. The molecule has 4 aliphatic heterocycles. The molecule has 10 rings (SSSR count). The highest BCUT2D eigenvalue weighted by Crippen LogP contribution is 2.47. The first-order valence-corrected chi connectivity index (χ1v) is 44.2. The van der Waals surface area contributed by atoms with Gasteiger partial charge in [-0.05, 0) is 127 Å². The van der Waals surface area contributed by atoms with Gasteiger partial charge >= 0.3 is 29.8 Å². The number of carbonyl (C=O) groups excluding carboxylic acids is 5. The lowest BCUT2D eigenvalue weighted by molar-refractivity contribution is -0.193. The Balaban J connectivity index is 0.000000324. The van der Waals surface area contributed by atoms with Crippen molar-refractivity contribution in [2.45, 2.75) is 268 Å². The summed E-state index contributed by atoms with van der Waals surface area (Å²) in [5.74, 6) is 0.694. The number of fused-ring (bicyclic) bond motifs is 2. The number of aryl methyl sites for hydroxylation is 2. The minimum Gasteiger partial charge on any atom is -0.444 e. The lowest BCUT2D eigenvalue weighted by Crippen LogP contribution is -2.55. The number of aliphatic hydroxyl groups is 6. The number of ether oxygens (including phenoxy) is 5. The van der Waals surface area contributed by atoms with Crippen LogP contribution in [-0.4, -0.2) is 265 Å². The third kappa shape index (κ3) is 24.1. The van der Waals surface area contributed by atoms with Gasteiger partial charge in [-0.25, -0.2) is 44.3 Å². The second kappa shape index (κ2) is 39.9. The minimum absolute atomic E-state index is 0.111. The van der Waals surface area contributed by atoms with Gasteiger partial charge in [0.2, 0.25) is 0 Å². The number of rotatable bonds is 29. The van der Waals surface area contributed by atoms with E-state index in [1.54, 1.807) is 18.7 Å². The molecule has 640 valence electrons. The maximum absolute atomic E-state index is 13.2. The predicted molar refractivity (Wildman–Crippen MR) is 423 cm³/mol. The van der Waals surface area contributed by atoms with Crippen LogP contribution in [0.4, 0.5) is 28.1 Å². The van der Waals surface area contributed by atoms with Crippen LogP contribution in [0.5, 0.6) is 0 Å². The van der Waals surface area contributed by atoms with Gasteiger partial charge in [0.15, 0.2) is 52.0 Å². The Kier molecular flexibility index (Phi) is 32.7. The Morgan fingerprint density at radius 2 is 0.991 bits per heavy atom. The average molecular weight is 1650 g/mol. The van der Waals surface area contributed by atoms with Gasteiger partial charge in [0, 0.05) is 62.0 Å². The zero-order valence-electron chi connectivity index (χ0n) is 68.7. The largest absolute Gasteiger partial charge is 0.444 e. The van der Waals surface area contributed by atoms with Crippen LogP contribution in [0.25, 0.3) is 22.3 Å². The van der Waals surface area contributed by atoms with E-state index >= 15 is 0 Å². The van der Waals surface area contributed by atoms with Crippen LogP contribution in [0.1, 0.15) is 158 Å². The number of nitrogens with zero attached hydrogens (tertiary/aromatic N) is 14. The summed E-state index contributed by atoms with van der Waals surface area (Å²) in [4.78, 5) is 110. The Labute approximate surface area is 669 Å². The van der Waals surface area contributed by atoms with Gasteiger partial charge in [-0.15, -0.1) is 0 Å². The first-order valence-electron chi connectivity index (χ1n) is 38.4. The molecule has 4 aliphatic rings. The van der Waals surface area contributed by atoms with E-state index in [2.05, 4.69) is 143 Å². The van der Waals surface area contributed by atoms with E-state index in [9.17, 15) is 45.0 Å². The zero-order valence-corrected chi connectivity index (χ0v) is 70.7. The van der Waals surface area contributed by atoms with Crippen molar-refractivity contribution < 1.29 is 87.1 Å². The van der Waals surface area contributed by atoms with Crippen LogP contribution in [0.3, 0.4) is 0 Å². The summed E-state index contributed by atoms with van der Waals surface area (Å²) < 4.78 is 51.5. The van der Waals surface area contributed by atoms with Gasteiger partial charge in [0.1, 0.15) is 102 Å². The highest BCUT2D eigenvalue weighted by Gasteiger charge is 2.55. The molecule has 0 spiro atoms. The quantitative estimate of drug-likeness (QED) is 0.0299. The fourth-order valence-corrected chi connectivity index (χ4v) is 16.0. The summed E-state index contributed by atoms with van der Waals surface area (Å²) in [6.45, 7) is 36.9. The molecule has 0 radical (unpaired) electrons. The monoisotopic (exact) mass is 1650 g/mol. The van der Waals surface area contributed by atoms with Crippen LogP contribution in [-0.2, 0) is 64.6 Å². The highest BCUT2D eigenvalue weighted by atomic mass is 28.4. The van der Waals surface area contributed by atoms with E-state index in [-0.39, 0.29) is 83.2 Å². The maximum atomic E-state index is 13.2. The molecule has 115 heavy (non-hydrogen) atoms. The number of nitrogens with one attached hydrogen (secondary N) is 1. The van der Waals surface area contributed by atoms with Crippen molar-refractivity contribution in [1.82, 2.24) is 73.3 Å². The number of anilines is 4. The first-order chi connectivity index (χ1) is 53.8. The normalized spacial score (nSPS) is 24.3. The second-order valence-corrected chi connectivity index (χ2v) is 43.9. The van der Waals surface area contributed by atoms with Crippen LogP contribution < -0.4 is 45.4 Å². The number of hydrogen-bond acceptors (Lipinski definition) is 35. The molecule has 4 fully saturated rings. The lowest BCUT2D eigenvalue weighted by atomic mass is 9.84. The number of carbonyl (C=O) groups is 1. The van der Waals surface area contributed by atoms with Crippen molar-refractivity contribution in [3.63, 3.8) is 0 Å². The predicted octanol–water partition coefficient (Wildman–Crippen LogP) is 2.05. The van der Waals surface area contributed by atoms with Crippen LogP contribution >= 0.6 is 0 Å². The zero-order chi connectivity index (χ0) is 85.6. The van der Waals surface area contributed by atoms with Gasteiger partial charge in [0.05, 0.1) is 38.1 Å².